The summed E-state index contributed by atoms with van der Waals surface area (Å²) in [7, 11) is 0. The highest BCUT2D eigenvalue weighted by atomic mass is 16.4. The third kappa shape index (κ3) is 3.19. The second-order valence-electron chi connectivity index (χ2n) is 7.47. The molecule has 0 radical (unpaired) electrons. The molecule has 1 aromatic carbocycles. The molecular formula is C18H25N2O4+. The van der Waals surface area contributed by atoms with Crippen molar-refractivity contribution in [2.75, 3.05) is 13.1 Å². The SMILES string of the molecule is CC(C)(C)C(=O)C[N+]1(c2ccccc2C(N)=O)CCC[C@H]1C(=O)O. The number of nitrogens with two attached hydrogens (primary N) is 1. The standard InChI is InChI=1S/C18H24N2O4/c1-18(2,3)15(21)11-20(10-6-9-14(20)17(23)24)13-8-5-4-7-12(13)16(19)22/h4-5,7-8,14H,6,9-11H2,1-3H3,(H2-,19,22,23,24)/p+1/t14-,20?/m0/s1. The topological polar surface area (TPSA) is 97.5 Å². The number of nitrogens with zero attached hydrogens (tertiary/aromatic N) is 1. The number of rotatable bonds is 5. The van der Waals surface area contributed by atoms with E-state index in [1.165, 1.54) is 0 Å². The first-order chi connectivity index (χ1) is 11.1. The minimum Gasteiger partial charge on any atom is -0.477 e. The third-order valence-electron chi connectivity index (χ3n) is 4.83. The van der Waals surface area contributed by atoms with E-state index in [9.17, 15) is 19.5 Å². The number of amides is 1. The number of quaternary nitrogens is 1. The smallest absolute Gasteiger partial charge is 0.362 e. The van der Waals surface area contributed by atoms with Gasteiger partial charge in [-0.3, -0.25) is 14.1 Å². The number of hydrogen-bond donors (Lipinski definition) is 2. The predicted molar refractivity (Wildman–Crippen MR) is 91.6 cm³/mol. The van der Waals surface area contributed by atoms with E-state index in [-0.39, 0.29) is 22.4 Å². The van der Waals surface area contributed by atoms with Gasteiger partial charge in [0.25, 0.3) is 5.91 Å². The minimum atomic E-state index is -0.950. The minimum absolute atomic E-state index is 0.0325. The fourth-order valence-electron chi connectivity index (χ4n) is 3.43. The zero-order valence-corrected chi connectivity index (χ0v) is 14.4. The van der Waals surface area contributed by atoms with Crippen LogP contribution in [0.3, 0.4) is 0 Å². The van der Waals surface area contributed by atoms with Crippen LogP contribution in [0.15, 0.2) is 24.3 Å². The quantitative estimate of drug-likeness (QED) is 0.805. The van der Waals surface area contributed by atoms with E-state index < -0.39 is 23.3 Å². The zero-order chi connectivity index (χ0) is 18.1. The molecular weight excluding hydrogens is 308 g/mol. The van der Waals surface area contributed by atoms with Gasteiger partial charge in [-0.2, -0.15) is 0 Å². The number of carboxylic acid groups (broad SMARTS) is 1. The highest BCUT2D eigenvalue weighted by molar-refractivity contribution is 5.99. The number of carbonyl (C=O) groups excluding carboxylic acids is 2. The van der Waals surface area contributed by atoms with Crippen molar-refractivity contribution in [2.45, 2.75) is 39.7 Å². The summed E-state index contributed by atoms with van der Waals surface area (Å²) >= 11 is 0. The second kappa shape index (κ2) is 6.36. The maximum Gasteiger partial charge on any atom is 0.362 e. The molecule has 24 heavy (non-hydrogen) atoms. The van der Waals surface area contributed by atoms with Crippen molar-refractivity contribution in [3.8, 4) is 0 Å². The van der Waals surface area contributed by atoms with Gasteiger partial charge in [-0.05, 0) is 12.1 Å². The Morgan fingerprint density at radius 2 is 1.88 bits per heavy atom. The highest BCUT2D eigenvalue weighted by Crippen LogP contribution is 2.38. The first kappa shape index (κ1) is 18.1. The molecule has 1 saturated heterocycles. The fraction of sp³-hybridized carbons (Fsp3) is 0.500. The summed E-state index contributed by atoms with van der Waals surface area (Å²) in [6, 6.07) is 6.00. The van der Waals surface area contributed by atoms with Crippen molar-refractivity contribution < 1.29 is 19.5 Å². The summed E-state index contributed by atoms with van der Waals surface area (Å²) in [6.45, 7) is 6.00. The average molecular weight is 333 g/mol. The number of primary amides is 1. The van der Waals surface area contributed by atoms with Gasteiger partial charge in [0.1, 0.15) is 17.8 Å². The molecule has 0 saturated carbocycles. The summed E-state index contributed by atoms with van der Waals surface area (Å²) in [4.78, 5) is 36.4. The van der Waals surface area contributed by atoms with Crippen LogP contribution in [0, 0.1) is 5.41 Å². The molecule has 2 rings (SSSR count). The van der Waals surface area contributed by atoms with E-state index in [0.29, 0.717) is 25.1 Å². The van der Waals surface area contributed by atoms with Crippen molar-refractivity contribution in [1.29, 1.82) is 0 Å². The normalized spacial score (nSPS) is 23.9. The zero-order valence-electron chi connectivity index (χ0n) is 14.4. The largest absolute Gasteiger partial charge is 0.477 e. The van der Waals surface area contributed by atoms with Crippen molar-refractivity contribution in [3.05, 3.63) is 29.8 Å². The van der Waals surface area contributed by atoms with Crippen LogP contribution in [0.5, 0.6) is 0 Å². The van der Waals surface area contributed by atoms with Crippen LogP contribution < -0.4 is 10.2 Å². The van der Waals surface area contributed by atoms with Crippen molar-refractivity contribution in [2.24, 2.45) is 11.1 Å². The van der Waals surface area contributed by atoms with Crippen molar-refractivity contribution in [3.63, 3.8) is 0 Å². The van der Waals surface area contributed by atoms with Crippen LogP contribution in [-0.2, 0) is 9.59 Å². The molecule has 1 heterocycles. The Hall–Kier alpha value is -2.21. The Morgan fingerprint density at radius 3 is 2.42 bits per heavy atom. The highest BCUT2D eigenvalue weighted by Gasteiger charge is 2.51. The number of Topliss-reactive ketones (excluding diaryl/α,β-unsaturated/α-hetero) is 1. The van der Waals surface area contributed by atoms with Gasteiger partial charge in [0.05, 0.1) is 6.54 Å². The maximum absolute atomic E-state index is 12.7. The molecule has 1 aliphatic rings. The van der Waals surface area contributed by atoms with Gasteiger partial charge in [0, 0.05) is 18.3 Å². The second-order valence-corrected chi connectivity index (χ2v) is 7.47. The monoisotopic (exact) mass is 333 g/mol. The lowest BCUT2D eigenvalue weighted by molar-refractivity contribution is -0.142. The number of aliphatic carboxylic acids is 1. The van der Waals surface area contributed by atoms with E-state index in [2.05, 4.69) is 0 Å². The van der Waals surface area contributed by atoms with Crippen LogP contribution in [0.2, 0.25) is 0 Å². The number of benzene rings is 1. The van der Waals surface area contributed by atoms with Gasteiger partial charge < -0.3 is 10.8 Å². The molecule has 6 nitrogen and oxygen atoms in total. The molecule has 2 atom stereocenters. The molecule has 1 unspecified atom stereocenters. The average Bonchev–Trinajstić information content (AvgIpc) is 2.91. The number of ketones is 1. The van der Waals surface area contributed by atoms with Gasteiger partial charge in [0.15, 0.2) is 11.8 Å². The summed E-state index contributed by atoms with van der Waals surface area (Å²) in [5.41, 5.74) is 5.73. The number of hydrogen-bond acceptors (Lipinski definition) is 3. The van der Waals surface area contributed by atoms with Gasteiger partial charge >= 0.3 is 5.97 Å². The van der Waals surface area contributed by atoms with Crippen LogP contribution in [0.4, 0.5) is 5.69 Å². The molecule has 3 N–H and O–H groups in total. The van der Waals surface area contributed by atoms with Gasteiger partial charge in [-0.1, -0.05) is 32.9 Å². The maximum atomic E-state index is 12.7. The van der Waals surface area contributed by atoms with Gasteiger partial charge in [-0.15, -0.1) is 0 Å². The Morgan fingerprint density at radius 1 is 1.25 bits per heavy atom. The Labute approximate surface area is 141 Å². The van der Waals surface area contributed by atoms with Crippen molar-refractivity contribution >= 4 is 23.3 Å². The molecule has 0 aliphatic carbocycles. The molecule has 1 amide bonds. The van der Waals surface area contributed by atoms with E-state index >= 15 is 0 Å². The summed E-state index contributed by atoms with van der Waals surface area (Å²) in [5.74, 6) is -1.59. The Kier molecular flexibility index (Phi) is 4.80. The van der Waals surface area contributed by atoms with Crippen LogP contribution in [-0.4, -0.2) is 41.9 Å². The van der Waals surface area contributed by atoms with Gasteiger partial charge in [-0.25, -0.2) is 4.79 Å². The fourth-order valence-corrected chi connectivity index (χ4v) is 3.43. The number of para-hydroxylation sites is 1. The van der Waals surface area contributed by atoms with Crippen molar-refractivity contribution in [1.82, 2.24) is 4.48 Å². The molecule has 0 aromatic heterocycles. The molecule has 130 valence electrons. The van der Waals surface area contributed by atoms with E-state index in [1.54, 1.807) is 24.3 Å². The Balaban J connectivity index is 2.63. The molecule has 1 aliphatic heterocycles. The number of likely N-dealkylation sites (tertiary alicyclic amines) is 1. The lowest BCUT2D eigenvalue weighted by atomic mass is 9.89. The van der Waals surface area contributed by atoms with Crippen LogP contribution >= 0.6 is 0 Å². The lowest BCUT2D eigenvalue weighted by Crippen LogP contribution is -2.60. The lowest BCUT2D eigenvalue weighted by Gasteiger charge is -2.39. The predicted octanol–water partition coefficient (Wildman–Crippen LogP) is 1.96. The molecule has 1 aromatic rings. The summed E-state index contributed by atoms with van der Waals surface area (Å²) in [6.07, 6.45) is 1.15. The Bertz CT molecular complexity index is 678. The molecule has 0 spiro atoms. The van der Waals surface area contributed by atoms with E-state index in [0.717, 1.165) is 0 Å². The number of carbonyl (C=O) groups is 3. The molecule has 6 heteroatoms. The van der Waals surface area contributed by atoms with E-state index in [4.69, 9.17) is 5.73 Å². The molecule has 1 fully saturated rings. The first-order valence-corrected chi connectivity index (χ1v) is 8.12. The van der Waals surface area contributed by atoms with E-state index in [1.807, 2.05) is 20.8 Å². The van der Waals surface area contributed by atoms with Gasteiger partial charge in [0.2, 0.25) is 0 Å². The third-order valence-corrected chi connectivity index (χ3v) is 4.83. The van der Waals surface area contributed by atoms with Crippen LogP contribution in [0.25, 0.3) is 0 Å². The summed E-state index contributed by atoms with van der Waals surface area (Å²) in [5, 5.41) is 9.71. The molecule has 0 bridgehead atoms. The first-order valence-electron chi connectivity index (χ1n) is 8.12. The summed E-state index contributed by atoms with van der Waals surface area (Å²) < 4.78 is -0.0372. The number of carboxylic acids is 1. The van der Waals surface area contributed by atoms with Crippen LogP contribution in [0.1, 0.15) is 44.0 Å².